The van der Waals surface area contributed by atoms with E-state index in [1.165, 1.54) is 5.56 Å². The van der Waals surface area contributed by atoms with Gasteiger partial charge >= 0.3 is 5.97 Å². The van der Waals surface area contributed by atoms with Gasteiger partial charge < -0.3 is 14.2 Å². The number of hydrogen-bond acceptors (Lipinski definition) is 5. The van der Waals surface area contributed by atoms with Gasteiger partial charge in [-0.1, -0.05) is 30.3 Å². The molecule has 1 saturated heterocycles. The van der Waals surface area contributed by atoms with Gasteiger partial charge in [0.25, 0.3) is 0 Å². The van der Waals surface area contributed by atoms with Crippen LogP contribution in [0, 0.1) is 5.92 Å². The topological polar surface area (TPSA) is 48.0 Å². The predicted molar refractivity (Wildman–Crippen MR) is 104 cm³/mol. The quantitative estimate of drug-likeness (QED) is 0.700. The van der Waals surface area contributed by atoms with Crippen molar-refractivity contribution in [1.82, 2.24) is 4.90 Å². The van der Waals surface area contributed by atoms with Crippen LogP contribution in [0.5, 0.6) is 11.5 Å². The first-order valence-electron chi connectivity index (χ1n) is 9.31. The fourth-order valence-electron chi connectivity index (χ4n) is 3.79. The van der Waals surface area contributed by atoms with Crippen molar-refractivity contribution in [2.75, 3.05) is 33.9 Å². The lowest BCUT2D eigenvalue weighted by molar-refractivity contribution is -0.148. The standard InChI is InChI=1S/C22H27NO4/c1-4-27-22(24)20-15-23(13-16-8-6-5-7-9-16)14-19(20)18-12-17(25-2)10-11-21(18)26-3/h5-12,19-20H,4,13-15H2,1-3H3. The minimum Gasteiger partial charge on any atom is -0.497 e. The van der Waals surface area contributed by atoms with E-state index in [4.69, 9.17) is 14.2 Å². The molecule has 1 aliphatic heterocycles. The van der Waals surface area contributed by atoms with Gasteiger partial charge in [0.1, 0.15) is 11.5 Å². The number of esters is 1. The maximum atomic E-state index is 12.7. The normalized spacial score (nSPS) is 19.7. The van der Waals surface area contributed by atoms with Crippen LogP contribution in [-0.4, -0.2) is 44.8 Å². The van der Waals surface area contributed by atoms with E-state index in [0.717, 1.165) is 30.2 Å². The largest absolute Gasteiger partial charge is 0.497 e. The summed E-state index contributed by atoms with van der Waals surface area (Å²) in [4.78, 5) is 15.0. The highest BCUT2D eigenvalue weighted by Crippen LogP contribution is 2.40. The van der Waals surface area contributed by atoms with Crippen molar-refractivity contribution < 1.29 is 19.0 Å². The molecule has 2 atom stereocenters. The van der Waals surface area contributed by atoms with Crippen LogP contribution in [0.15, 0.2) is 48.5 Å². The number of rotatable bonds is 7. The zero-order chi connectivity index (χ0) is 19.2. The minimum atomic E-state index is -0.227. The van der Waals surface area contributed by atoms with Crippen molar-refractivity contribution in [2.45, 2.75) is 19.4 Å². The molecule has 27 heavy (non-hydrogen) atoms. The fourth-order valence-corrected chi connectivity index (χ4v) is 3.79. The highest BCUT2D eigenvalue weighted by Gasteiger charge is 2.40. The zero-order valence-electron chi connectivity index (χ0n) is 16.2. The number of ether oxygens (including phenoxy) is 3. The Morgan fingerprint density at radius 1 is 1.07 bits per heavy atom. The lowest BCUT2D eigenvalue weighted by atomic mass is 9.88. The molecular formula is C22H27NO4. The molecule has 3 rings (SSSR count). The Morgan fingerprint density at radius 3 is 2.52 bits per heavy atom. The highest BCUT2D eigenvalue weighted by molar-refractivity contribution is 5.75. The average molecular weight is 369 g/mol. The molecule has 0 amide bonds. The molecule has 2 aromatic carbocycles. The number of carbonyl (C=O) groups is 1. The van der Waals surface area contributed by atoms with Gasteiger partial charge in [-0.3, -0.25) is 9.69 Å². The molecule has 0 aliphatic carbocycles. The maximum Gasteiger partial charge on any atom is 0.310 e. The van der Waals surface area contributed by atoms with E-state index in [9.17, 15) is 4.79 Å². The van der Waals surface area contributed by atoms with E-state index in [2.05, 4.69) is 17.0 Å². The van der Waals surface area contributed by atoms with E-state index in [0.29, 0.717) is 13.2 Å². The lowest BCUT2D eigenvalue weighted by Gasteiger charge is -2.20. The van der Waals surface area contributed by atoms with Crippen LogP contribution < -0.4 is 9.47 Å². The summed E-state index contributed by atoms with van der Waals surface area (Å²) in [5.74, 6) is 1.15. The third-order valence-electron chi connectivity index (χ3n) is 5.07. The summed E-state index contributed by atoms with van der Waals surface area (Å²) in [5.41, 5.74) is 2.23. The summed E-state index contributed by atoms with van der Waals surface area (Å²) >= 11 is 0. The number of carbonyl (C=O) groups excluding carboxylic acids is 1. The molecule has 5 heteroatoms. The molecule has 0 spiro atoms. The summed E-state index contributed by atoms with van der Waals surface area (Å²) in [6.45, 7) is 4.46. The van der Waals surface area contributed by atoms with Gasteiger partial charge in [0.2, 0.25) is 0 Å². The summed E-state index contributed by atoms with van der Waals surface area (Å²) < 4.78 is 16.3. The molecule has 2 unspecified atom stereocenters. The monoisotopic (exact) mass is 369 g/mol. The Morgan fingerprint density at radius 2 is 1.85 bits per heavy atom. The second kappa shape index (κ2) is 8.91. The van der Waals surface area contributed by atoms with Gasteiger partial charge in [-0.25, -0.2) is 0 Å². The predicted octanol–water partition coefficient (Wildman–Crippen LogP) is 3.48. The molecule has 0 radical (unpaired) electrons. The van der Waals surface area contributed by atoms with Crippen LogP contribution in [0.3, 0.4) is 0 Å². The lowest BCUT2D eigenvalue weighted by Crippen LogP contribution is -2.25. The summed E-state index contributed by atoms with van der Waals surface area (Å²) in [6.07, 6.45) is 0. The van der Waals surface area contributed by atoms with Crippen LogP contribution in [0.25, 0.3) is 0 Å². The van der Waals surface area contributed by atoms with Gasteiger partial charge in [0.05, 0.1) is 26.7 Å². The number of benzene rings is 2. The van der Waals surface area contributed by atoms with E-state index in [1.54, 1.807) is 14.2 Å². The molecular weight excluding hydrogens is 342 g/mol. The van der Waals surface area contributed by atoms with Crippen LogP contribution in [0.1, 0.15) is 24.0 Å². The molecule has 5 nitrogen and oxygen atoms in total. The Labute approximate surface area is 160 Å². The molecule has 1 aliphatic rings. The number of likely N-dealkylation sites (tertiary alicyclic amines) is 1. The minimum absolute atomic E-state index is 0.00203. The van der Waals surface area contributed by atoms with E-state index >= 15 is 0 Å². The molecule has 0 saturated carbocycles. The van der Waals surface area contributed by atoms with Crippen molar-refractivity contribution in [3.05, 3.63) is 59.7 Å². The third kappa shape index (κ3) is 4.42. The molecule has 1 fully saturated rings. The second-order valence-corrected chi connectivity index (χ2v) is 6.75. The van der Waals surface area contributed by atoms with E-state index < -0.39 is 0 Å². The van der Waals surface area contributed by atoms with E-state index in [1.807, 2.05) is 43.3 Å². The number of nitrogens with zero attached hydrogens (tertiary/aromatic N) is 1. The first kappa shape index (κ1) is 19.2. The van der Waals surface area contributed by atoms with Gasteiger partial charge in [0, 0.05) is 31.1 Å². The van der Waals surface area contributed by atoms with Crippen molar-refractivity contribution >= 4 is 5.97 Å². The van der Waals surface area contributed by atoms with Crippen LogP contribution >= 0.6 is 0 Å². The van der Waals surface area contributed by atoms with Crippen LogP contribution in [0.2, 0.25) is 0 Å². The Bertz CT molecular complexity index is 762. The Hall–Kier alpha value is -2.53. The third-order valence-corrected chi connectivity index (χ3v) is 5.07. The van der Waals surface area contributed by atoms with Crippen molar-refractivity contribution in [3.63, 3.8) is 0 Å². The molecule has 2 aromatic rings. The molecule has 1 heterocycles. The Balaban J connectivity index is 1.89. The van der Waals surface area contributed by atoms with Crippen molar-refractivity contribution in [2.24, 2.45) is 5.92 Å². The molecule has 0 N–H and O–H groups in total. The highest BCUT2D eigenvalue weighted by atomic mass is 16.5. The van der Waals surface area contributed by atoms with Crippen LogP contribution in [0.4, 0.5) is 0 Å². The molecule has 0 aromatic heterocycles. The van der Waals surface area contributed by atoms with Gasteiger partial charge in [-0.05, 0) is 30.7 Å². The van der Waals surface area contributed by atoms with E-state index in [-0.39, 0.29) is 17.8 Å². The maximum absolute atomic E-state index is 12.7. The SMILES string of the molecule is CCOC(=O)C1CN(Cc2ccccc2)CC1c1cc(OC)ccc1OC. The number of methoxy groups -OCH3 is 2. The molecule has 0 bridgehead atoms. The Kier molecular flexibility index (Phi) is 6.35. The zero-order valence-corrected chi connectivity index (χ0v) is 16.2. The second-order valence-electron chi connectivity index (χ2n) is 6.75. The average Bonchev–Trinajstić information content (AvgIpc) is 3.12. The number of hydrogen-bond donors (Lipinski definition) is 0. The van der Waals surface area contributed by atoms with Gasteiger partial charge in [-0.2, -0.15) is 0 Å². The first-order chi connectivity index (χ1) is 13.2. The van der Waals surface area contributed by atoms with Crippen molar-refractivity contribution in [1.29, 1.82) is 0 Å². The summed E-state index contributed by atoms with van der Waals surface area (Å²) in [5, 5.41) is 0. The van der Waals surface area contributed by atoms with Gasteiger partial charge in [-0.15, -0.1) is 0 Å². The summed E-state index contributed by atoms with van der Waals surface area (Å²) in [6, 6.07) is 16.1. The first-order valence-corrected chi connectivity index (χ1v) is 9.31. The van der Waals surface area contributed by atoms with Gasteiger partial charge in [0.15, 0.2) is 0 Å². The van der Waals surface area contributed by atoms with Crippen molar-refractivity contribution in [3.8, 4) is 11.5 Å². The fraction of sp³-hybridized carbons (Fsp3) is 0.409. The summed E-state index contributed by atoms with van der Waals surface area (Å²) in [7, 11) is 3.30. The van der Waals surface area contributed by atoms with Crippen LogP contribution in [-0.2, 0) is 16.1 Å². The molecule has 144 valence electrons. The smallest absolute Gasteiger partial charge is 0.310 e.